The molecule has 1 aliphatic rings. The van der Waals surface area contributed by atoms with Crippen LogP contribution >= 0.6 is 0 Å². The molecule has 1 N–H and O–H groups in total. The van der Waals surface area contributed by atoms with E-state index in [-0.39, 0.29) is 30.5 Å². The van der Waals surface area contributed by atoms with Gasteiger partial charge in [-0.1, -0.05) is 0 Å². The van der Waals surface area contributed by atoms with E-state index in [0.29, 0.717) is 13.0 Å². The third-order valence-electron chi connectivity index (χ3n) is 2.64. The monoisotopic (exact) mass is 253 g/mol. The lowest BCUT2D eigenvalue weighted by Crippen LogP contribution is -2.40. The molecule has 0 aromatic carbocycles. The van der Waals surface area contributed by atoms with Crippen LogP contribution in [0.4, 0.5) is 4.39 Å². The average molecular weight is 253 g/mol. The van der Waals surface area contributed by atoms with Crippen LogP contribution in [0, 0.1) is 0 Å². The van der Waals surface area contributed by atoms with Crippen LogP contribution in [-0.4, -0.2) is 61.7 Å². The van der Waals surface area contributed by atoms with Gasteiger partial charge in [0.2, 0.25) is 0 Å². The number of halogens is 1. The number of carboxylic acid groups (broad SMARTS) is 1. The summed E-state index contributed by atoms with van der Waals surface area (Å²) in [5.41, 5.74) is 0. The summed E-state index contributed by atoms with van der Waals surface area (Å²) in [4.78, 5) is 12.2. The first-order chi connectivity index (χ1) is 7.44. The standard InChI is InChI=1S/C9H16FNO4S/c10-3-1-4-11(6-9(12)13)8-2-5-16(14,15)7-8/h8H,1-7H2,(H,12,13). The number of aliphatic carboxylic acids is 1. The summed E-state index contributed by atoms with van der Waals surface area (Å²) >= 11 is 0. The van der Waals surface area contributed by atoms with E-state index in [1.807, 2.05) is 0 Å². The smallest absolute Gasteiger partial charge is 0.317 e. The normalized spacial score (nSPS) is 23.8. The third kappa shape index (κ3) is 4.05. The molecule has 0 amide bonds. The predicted molar refractivity (Wildman–Crippen MR) is 56.9 cm³/mol. The Morgan fingerprint density at radius 3 is 2.62 bits per heavy atom. The maximum Gasteiger partial charge on any atom is 0.317 e. The van der Waals surface area contributed by atoms with Crippen molar-refractivity contribution < 1.29 is 22.7 Å². The maximum absolute atomic E-state index is 12.0. The highest BCUT2D eigenvalue weighted by Crippen LogP contribution is 2.17. The Labute approximate surface area is 94.2 Å². The summed E-state index contributed by atoms with van der Waals surface area (Å²) in [5.74, 6) is -0.918. The lowest BCUT2D eigenvalue weighted by molar-refractivity contribution is -0.138. The highest BCUT2D eigenvalue weighted by atomic mass is 32.2. The summed E-state index contributed by atoms with van der Waals surface area (Å²) in [6, 6.07) is -0.271. The van der Waals surface area contributed by atoms with Crippen LogP contribution in [0.2, 0.25) is 0 Å². The van der Waals surface area contributed by atoms with Crippen molar-refractivity contribution in [1.29, 1.82) is 0 Å². The Kier molecular flexibility index (Phi) is 4.67. The van der Waals surface area contributed by atoms with Crippen molar-refractivity contribution in [2.45, 2.75) is 18.9 Å². The van der Waals surface area contributed by atoms with Crippen molar-refractivity contribution in [3.05, 3.63) is 0 Å². The fourth-order valence-electron chi connectivity index (χ4n) is 1.89. The Balaban J connectivity index is 2.58. The molecule has 1 atom stereocenters. The fourth-order valence-corrected chi connectivity index (χ4v) is 3.65. The lowest BCUT2D eigenvalue weighted by Gasteiger charge is -2.25. The van der Waals surface area contributed by atoms with Gasteiger partial charge in [0.1, 0.15) is 0 Å². The van der Waals surface area contributed by atoms with E-state index in [1.54, 1.807) is 4.90 Å². The quantitative estimate of drug-likeness (QED) is 0.716. The molecular formula is C9H16FNO4S. The summed E-state index contributed by atoms with van der Waals surface area (Å²) in [5, 5.41) is 8.69. The van der Waals surface area contributed by atoms with Crippen molar-refractivity contribution in [3.8, 4) is 0 Å². The average Bonchev–Trinajstić information content (AvgIpc) is 2.52. The second-order valence-corrected chi connectivity index (χ2v) is 6.19. The summed E-state index contributed by atoms with van der Waals surface area (Å²) in [6.45, 7) is -0.446. The van der Waals surface area contributed by atoms with Crippen LogP contribution in [0.15, 0.2) is 0 Å². The van der Waals surface area contributed by atoms with Gasteiger partial charge in [-0.2, -0.15) is 0 Å². The topological polar surface area (TPSA) is 74.7 Å². The number of carboxylic acids is 1. The van der Waals surface area contributed by atoms with Crippen molar-refractivity contribution in [2.75, 3.05) is 31.3 Å². The molecule has 0 aromatic heterocycles. The third-order valence-corrected chi connectivity index (χ3v) is 4.39. The highest BCUT2D eigenvalue weighted by molar-refractivity contribution is 7.91. The zero-order valence-corrected chi connectivity index (χ0v) is 9.75. The molecule has 1 heterocycles. The van der Waals surface area contributed by atoms with E-state index in [9.17, 15) is 17.6 Å². The van der Waals surface area contributed by atoms with E-state index in [4.69, 9.17) is 5.11 Å². The van der Waals surface area contributed by atoms with Gasteiger partial charge in [-0.3, -0.25) is 14.1 Å². The van der Waals surface area contributed by atoms with Gasteiger partial charge in [-0.25, -0.2) is 8.42 Å². The van der Waals surface area contributed by atoms with Gasteiger partial charge in [-0.05, 0) is 12.8 Å². The first-order valence-electron chi connectivity index (χ1n) is 5.17. The van der Waals surface area contributed by atoms with Gasteiger partial charge in [-0.15, -0.1) is 0 Å². The maximum atomic E-state index is 12.0. The molecule has 94 valence electrons. The molecule has 1 fully saturated rings. The summed E-state index contributed by atoms with van der Waals surface area (Å²) in [6.07, 6.45) is 0.686. The Hall–Kier alpha value is -0.690. The number of alkyl halides is 1. The predicted octanol–water partition coefficient (Wildman–Crippen LogP) is -0.0803. The second kappa shape index (κ2) is 5.58. The van der Waals surface area contributed by atoms with Gasteiger partial charge in [0.15, 0.2) is 9.84 Å². The highest BCUT2D eigenvalue weighted by Gasteiger charge is 2.32. The van der Waals surface area contributed by atoms with Crippen LogP contribution in [-0.2, 0) is 14.6 Å². The molecule has 0 radical (unpaired) electrons. The number of hydrogen-bond acceptors (Lipinski definition) is 4. The molecular weight excluding hydrogens is 237 g/mol. The van der Waals surface area contributed by atoms with E-state index in [0.717, 1.165) is 0 Å². The number of hydrogen-bond donors (Lipinski definition) is 1. The largest absolute Gasteiger partial charge is 0.480 e. The zero-order chi connectivity index (χ0) is 12.2. The lowest BCUT2D eigenvalue weighted by atomic mass is 10.2. The van der Waals surface area contributed by atoms with Gasteiger partial charge in [0, 0.05) is 12.6 Å². The Bertz CT molecular complexity index is 343. The van der Waals surface area contributed by atoms with Crippen molar-refractivity contribution >= 4 is 15.8 Å². The molecule has 7 heteroatoms. The number of rotatable bonds is 6. The molecule has 0 spiro atoms. The first kappa shape index (κ1) is 13.4. The number of sulfone groups is 1. The zero-order valence-electron chi connectivity index (χ0n) is 8.93. The molecule has 1 saturated heterocycles. The minimum Gasteiger partial charge on any atom is -0.480 e. The van der Waals surface area contributed by atoms with Gasteiger partial charge >= 0.3 is 5.97 Å². The van der Waals surface area contributed by atoms with Crippen molar-refractivity contribution in [1.82, 2.24) is 4.90 Å². The molecule has 1 unspecified atom stereocenters. The van der Waals surface area contributed by atoms with Gasteiger partial charge in [0.05, 0.1) is 24.7 Å². The van der Waals surface area contributed by atoms with Crippen molar-refractivity contribution in [2.24, 2.45) is 0 Å². The molecule has 0 aromatic rings. The van der Waals surface area contributed by atoms with Crippen LogP contribution in [0.1, 0.15) is 12.8 Å². The minimum absolute atomic E-state index is 0.00738. The second-order valence-electron chi connectivity index (χ2n) is 3.96. The van der Waals surface area contributed by atoms with Gasteiger partial charge < -0.3 is 5.11 Å². The molecule has 1 rings (SSSR count). The fraction of sp³-hybridized carbons (Fsp3) is 0.889. The van der Waals surface area contributed by atoms with E-state index >= 15 is 0 Å². The molecule has 16 heavy (non-hydrogen) atoms. The summed E-state index contributed by atoms with van der Waals surface area (Å²) < 4.78 is 34.6. The number of nitrogens with zero attached hydrogens (tertiary/aromatic N) is 1. The van der Waals surface area contributed by atoms with Crippen LogP contribution in [0.3, 0.4) is 0 Å². The van der Waals surface area contributed by atoms with Crippen LogP contribution in [0.25, 0.3) is 0 Å². The molecule has 0 aliphatic carbocycles. The van der Waals surface area contributed by atoms with Gasteiger partial charge in [0.25, 0.3) is 0 Å². The van der Waals surface area contributed by atoms with Crippen molar-refractivity contribution in [3.63, 3.8) is 0 Å². The van der Waals surface area contributed by atoms with E-state index < -0.39 is 22.5 Å². The molecule has 0 bridgehead atoms. The van der Waals surface area contributed by atoms with Crippen LogP contribution in [0.5, 0.6) is 0 Å². The molecule has 0 saturated carbocycles. The summed E-state index contributed by atoms with van der Waals surface area (Å²) in [7, 11) is -3.03. The Morgan fingerprint density at radius 2 is 2.19 bits per heavy atom. The van der Waals surface area contributed by atoms with Crippen LogP contribution < -0.4 is 0 Å². The Morgan fingerprint density at radius 1 is 1.50 bits per heavy atom. The van der Waals surface area contributed by atoms with E-state index in [2.05, 4.69) is 0 Å². The SMILES string of the molecule is O=C(O)CN(CCCF)C1CCS(=O)(=O)C1. The number of carbonyl (C=O) groups is 1. The first-order valence-corrected chi connectivity index (χ1v) is 6.99. The van der Waals surface area contributed by atoms with E-state index in [1.165, 1.54) is 0 Å². The minimum atomic E-state index is -3.03. The molecule has 5 nitrogen and oxygen atoms in total. The molecule has 1 aliphatic heterocycles.